The SMILES string of the molecule is CCNc1ccc(C(N)=O)nc1. The molecular weight excluding hydrogens is 154 g/mol. The van der Waals surface area contributed by atoms with Gasteiger partial charge >= 0.3 is 0 Å². The molecule has 0 saturated carbocycles. The van der Waals surface area contributed by atoms with Gasteiger partial charge in [-0.3, -0.25) is 4.79 Å². The molecule has 0 spiro atoms. The van der Waals surface area contributed by atoms with E-state index in [4.69, 9.17) is 5.73 Å². The third-order valence-electron chi connectivity index (χ3n) is 1.40. The van der Waals surface area contributed by atoms with Crippen LogP contribution in [0.3, 0.4) is 0 Å². The zero-order valence-electron chi connectivity index (χ0n) is 6.87. The Morgan fingerprint density at radius 1 is 1.67 bits per heavy atom. The fraction of sp³-hybridized carbons (Fsp3) is 0.250. The van der Waals surface area contributed by atoms with E-state index in [2.05, 4.69) is 10.3 Å². The maximum Gasteiger partial charge on any atom is 0.267 e. The number of carbonyl (C=O) groups is 1. The number of nitrogens with zero attached hydrogens (tertiary/aromatic N) is 1. The van der Waals surface area contributed by atoms with Gasteiger partial charge in [0.1, 0.15) is 5.69 Å². The van der Waals surface area contributed by atoms with Gasteiger partial charge in [0.2, 0.25) is 0 Å². The summed E-state index contributed by atoms with van der Waals surface area (Å²) in [6, 6.07) is 3.37. The first-order valence-corrected chi connectivity index (χ1v) is 3.73. The molecule has 0 atom stereocenters. The molecule has 1 rings (SSSR count). The molecule has 0 aromatic carbocycles. The predicted molar refractivity (Wildman–Crippen MR) is 46.9 cm³/mol. The van der Waals surface area contributed by atoms with Crippen molar-refractivity contribution in [2.45, 2.75) is 6.92 Å². The van der Waals surface area contributed by atoms with E-state index in [1.165, 1.54) is 0 Å². The number of pyridine rings is 1. The number of nitrogens with two attached hydrogens (primary N) is 1. The molecule has 0 fully saturated rings. The molecular formula is C8H11N3O. The maximum atomic E-state index is 10.6. The lowest BCUT2D eigenvalue weighted by atomic mass is 10.3. The second kappa shape index (κ2) is 3.71. The summed E-state index contributed by atoms with van der Waals surface area (Å²) in [4.78, 5) is 14.5. The molecule has 12 heavy (non-hydrogen) atoms. The second-order valence-electron chi connectivity index (χ2n) is 2.33. The van der Waals surface area contributed by atoms with Crippen LogP contribution in [0.5, 0.6) is 0 Å². The van der Waals surface area contributed by atoms with E-state index >= 15 is 0 Å². The summed E-state index contributed by atoms with van der Waals surface area (Å²) in [5.74, 6) is -0.502. The normalized spacial score (nSPS) is 9.42. The van der Waals surface area contributed by atoms with E-state index in [9.17, 15) is 4.79 Å². The van der Waals surface area contributed by atoms with Gasteiger partial charge in [-0.2, -0.15) is 0 Å². The average Bonchev–Trinajstić information content (AvgIpc) is 2.06. The third-order valence-corrected chi connectivity index (χ3v) is 1.40. The van der Waals surface area contributed by atoms with Gasteiger partial charge in [-0.05, 0) is 19.1 Å². The molecule has 64 valence electrons. The van der Waals surface area contributed by atoms with Gasteiger partial charge in [0.15, 0.2) is 0 Å². The minimum absolute atomic E-state index is 0.289. The Balaban J connectivity index is 2.78. The van der Waals surface area contributed by atoms with Crippen LogP contribution in [0.1, 0.15) is 17.4 Å². The smallest absolute Gasteiger partial charge is 0.267 e. The molecule has 1 amide bonds. The molecule has 1 aromatic rings. The zero-order chi connectivity index (χ0) is 8.97. The molecule has 0 unspecified atom stereocenters. The highest BCUT2D eigenvalue weighted by atomic mass is 16.1. The number of carbonyl (C=O) groups excluding carboxylic acids is 1. The number of hydrogen-bond acceptors (Lipinski definition) is 3. The number of aromatic nitrogens is 1. The van der Waals surface area contributed by atoms with Crippen molar-refractivity contribution in [2.24, 2.45) is 5.73 Å². The number of rotatable bonds is 3. The lowest BCUT2D eigenvalue weighted by Gasteiger charge is -2.01. The molecule has 4 nitrogen and oxygen atoms in total. The van der Waals surface area contributed by atoms with Crippen molar-refractivity contribution in [1.82, 2.24) is 4.98 Å². The Morgan fingerprint density at radius 2 is 2.42 bits per heavy atom. The molecule has 4 heteroatoms. The van der Waals surface area contributed by atoms with Gasteiger partial charge in [-0.15, -0.1) is 0 Å². The predicted octanol–water partition coefficient (Wildman–Crippen LogP) is 0.612. The lowest BCUT2D eigenvalue weighted by Crippen LogP contribution is -2.12. The monoisotopic (exact) mass is 165 g/mol. The first kappa shape index (κ1) is 8.52. The van der Waals surface area contributed by atoms with Crippen LogP contribution in [-0.2, 0) is 0 Å². The Bertz CT molecular complexity index is 268. The summed E-state index contributed by atoms with van der Waals surface area (Å²) in [5, 5.41) is 3.06. The van der Waals surface area contributed by atoms with Crippen LogP contribution >= 0.6 is 0 Å². The van der Waals surface area contributed by atoms with Crippen molar-refractivity contribution in [3.8, 4) is 0 Å². The summed E-state index contributed by atoms with van der Waals surface area (Å²) in [5.41, 5.74) is 6.20. The van der Waals surface area contributed by atoms with E-state index in [-0.39, 0.29) is 5.69 Å². The van der Waals surface area contributed by atoms with Crippen LogP contribution in [-0.4, -0.2) is 17.4 Å². The average molecular weight is 165 g/mol. The number of primary amides is 1. The van der Waals surface area contributed by atoms with Crippen LogP contribution in [0.15, 0.2) is 18.3 Å². The number of amides is 1. The second-order valence-corrected chi connectivity index (χ2v) is 2.33. The summed E-state index contributed by atoms with van der Waals surface area (Å²) < 4.78 is 0. The molecule has 0 radical (unpaired) electrons. The van der Waals surface area contributed by atoms with Crippen LogP contribution in [0.4, 0.5) is 5.69 Å². The topological polar surface area (TPSA) is 68.0 Å². The molecule has 3 N–H and O–H groups in total. The third kappa shape index (κ3) is 1.95. The first-order valence-electron chi connectivity index (χ1n) is 3.73. The van der Waals surface area contributed by atoms with Gasteiger partial charge < -0.3 is 11.1 Å². The standard InChI is InChI=1S/C8H11N3O/c1-2-10-6-3-4-7(8(9)12)11-5-6/h3-5,10H,2H2,1H3,(H2,9,12). The van der Waals surface area contributed by atoms with Gasteiger partial charge in [0, 0.05) is 6.54 Å². The number of hydrogen-bond donors (Lipinski definition) is 2. The van der Waals surface area contributed by atoms with Gasteiger partial charge in [-0.1, -0.05) is 0 Å². The fourth-order valence-electron chi connectivity index (χ4n) is 0.848. The molecule has 0 bridgehead atoms. The Labute approximate surface area is 70.8 Å². The molecule has 1 heterocycles. The Morgan fingerprint density at radius 3 is 2.83 bits per heavy atom. The molecule has 0 aliphatic rings. The largest absolute Gasteiger partial charge is 0.384 e. The summed E-state index contributed by atoms with van der Waals surface area (Å²) in [6.07, 6.45) is 1.59. The van der Waals surface area contributed by atoms with Crippen molar-refractivity contribution in [3.63, 3.8) is 0 Å². The molecule has 1 aromatic heterocycles. The van der Waals surface area contributed by atoms with E-state index in [1.54, 1.807) is 18.3 Å². The van der Waals surface area contributed by atoms with Crippen molar-refractivity contribution < 1.29 is 4.79 Å². The molecule has 0 saturated heterocycles. The minimum atomic E-state index is -0.502. The fourth-order valence-corrected chi connectivity index (χ4v) is 0.848. The highest BCUT2D eigenvalue weighted by Gasteiger charge is 1.99. The van der Waals surface area contributed by atoms with Crippen molar-refractivity contribution in [1.29, 1.82) is 0 Å². The Kier molecular flexibility index (Phi) is 2.63. The quantitative estimate of drug-likeness (QED) is 0.689. The van der Waals surface area contributed by atoms with E-state index < -0.39 is 5.91 Å². The highest BCUT2D eigenvalue weighted by molar-refractivity contribution is 5.90. The van der Waals surface area contributed by atoms with Crippen LogP contribution in [0.25, 0.3) is 0 Å². The van der Waals surface area contributed by atoms with Crippen molar-refractivity contribution >= 4 is 11.6 Å². The minimum Gasteiger partial charge on any atom is -0.384 e. The van der Waals surface area contributed by atoms with E-state index in [0.29, 0.717) is 0 Å². The van der Waals surface area contributed by atoms with E-state index in [0.717, 1.165) is 12.2 Å². The Hall–Kier alpha value is -1.58. The summed E-state index contributed by atoms with van der Waals surface area (Å²) >= 11 is 0. The number of anilines is 1. The van der Waals surface area contributed by atoms with Crippen molar-refractivity contribution in [2.75, 3.05) is 11.9 Å². The van der Waals surface area contributed by atoms with Crippen molar-refractivity contribution in [3.05, 3.63) is 24.0 Å². The molecule has 0 aliphatic heterocycles. The zero-order valence-corrected chi connectivity index (χ0v) is 6.87. The molecule has 0 aliphatic carbocycles. The van der Waals surface area contributed by atoms with Crippen LogP contribution in [0, 0.1) is 0 Å². The van der Waals surface area contributed by atoms with Gasteiger partial charge in [0.25, 0.3) is 5.91 Å². The summed E-state index contributed by atoms with van der Waals surface area (Å²) in [6.45, 7) is 2.82. The first-order chi connectivity index (χ1) is 5.74. The van der Waals surface area contributed by atoms with Crippen LogP contribution in [0.2, 0.25) is 0 Å². The number of nitrogens with one attached hydrogen (secondary N) is 1. The maximum absolute atomic E-state index is 10.6. The van der Waals surface area contributed by atoms with E-state index in [1.807, 2.05) is 6.92 Å². The highest BCUT2D eigenvalue weighted by Crippen LogP contribution is 2.04. The van der Waals surface area contributed by atoms with Gasteiger partial charge in [0.05, 0.1) is 11.9 Å². The van der Waals surface area contributed by atoms with Gasteiger partial charge in [-0.25, -0.2) is 4.98 Å². The van der Waals surface area contributed by atoms with Crippen LogP contribution < -0.4 is 11.1 Å². The summed E-state index contributed by atoms with van der Waals surface area (Å²) in [7, 11) is 0. The lowest BCUT2D eigenvalue weighted by molar-refractivity contribution is 0.0995.